The third-order valence-corrected chi connectivity index (χ3v) is 5.19. The van der Waals surface area contributed by atoms with Crippen LogP contribution in [0.1, 0.15) is 30.9 Å². The summed E-state index contributed by atoms with van der Waals surface area (Å²) in [7, 11) is -3.54. The molecule has 0 aromatic carbocycles. The van der Waals surface area contributed by atoms with Gasteiger partial charge in [-0.1, -0.05) is 10.4 Å². The van der Waals surface area contributed by atoms with E-state index in [1.807, 2.05) is 0 Å². The third-order valence-electron chi connectivity index (χ3n) is 3.12. The molecule has 0 unspecified atom stereocenters. The lowest BCUT2D eigenvalue weighted by atomic mass is 10.2. The quantitative estimate of drug-likeness (QED) is 0.882. The van der Waals surface area contributed by atoms with E-state index in [0.717, 1.165) is 5.56 Å². The maximum atomic E-state index is 12.1. The number of rotatable bonds is 4. The lowest BCUT2D eigenvalue weighted by Gasteiger charge is -2.06. The zero-order chi connectivity index (χ0) is 15.1. The molecule has 9 heteroatoms. The molecule has 0 spiro atoms. The van der Waals surface area contributed by atoms with Gasteiger partial charge in [0.2, 0.25) is 14.9 Å². The van der Waals surface area contributed by atoms with Crippen LogP contribution in [0.4, 0.5) is 5.82 Å². The van der Waals surface area contributed by atoms with E-state index >= 15 is 0 Å². The Balaban J connectivity index is 2.40. The van der Waals surface area contributed by atoms with Crippen molar-refractivity contribution in [3.05, 3.63) is 17.0 Å². The first kappa shape index (κ1) is 14.5. The predicted octanol–water partition coefficient (Wildman–Crippen LogP) is 0.696. The number of aromatic nitrogens is 4. The van der Waals surface area contributed by atoms with Crippen LogP contribution in [0.5, 0.6) is 0 Å². The highest BCUT2D eigenvalue weighted by Gasteiger charge is 2.27. The minimum atomic E-state index is -3.54. The molecule has 0 aliphatic heterocycles. The van der Waals surface area contributed by atoms with Crippen molar-refractivity contribution in [2.24, 2.45) is 0 Å². The fourth-order valence-corrected chi connectivity index (χ4v) is 2.72. The predicted molar refractivity (Wildman–Crippen MR) is 71.8 cm³/mol. The second kappa shape index (κ2) is 4.89. The summed E-state index contributed by atoms with van der Waals surface area (Å²) in [5.74, 6) is 0.671. The molecule has 2 heterocycles. The van der Waals surface area contributed by atoms with Gasteiger partial charge in [-0.15, -0.1) is 5.10 Å². The topological polar surface area (TPSA) is 117 Å². The zero-order valence-electron chi connectivity index (χ0n) is 11.8. The lowest BCUT2D eigenvalue weighted by Crippen LogP contribution is -2.16. The second-order valence-electron chi connectivity index (χ2n) is 4.83. The number of aryl methyl sites for hydroxylation is 2. The minimum Gasteiger partial charge on any atom is -0.381 e. The highest BCUT2D eigenvalue weighted by Crippen LogP contribution is 2.22. The van der Waals surface area contributed by atoms with Gasteiger partial charge in [0.05, 0.1) is 17.5 Å². The van der Waals surface area contributed by atoms with Crippen LogP contribution in [0.15, 0.2) is 9.55 Å². The molecule has 0 atom stereocenters. The summed E-state index contributed by atoms with van der Waals surface area (Å²) in [6, 6.07) is 0. The van der Waals surface area contributed by atoms with Crippen LogP contribution in [0, 0.1) is 13.8 Å². The molecule has 2 aromatic rings. The molecule has 110 valence electrons. The van der Waals surface area contributed by atoms with Gasteiger partial charge in [-0.25, -0.2) is 13.1 Å². The maximum absolute atomic E-state index is 12.1. The highest BCUT2D eigenvalue weighted by atomic mass is 32.2. The van der Waals surface area contributed by atoms with Crippen LogP contribution in [-0.2, 0) is 16.4 Å². The molecule has 2 N–H and O–H groups in total. The van der Waals surface area contributed by atoms with Crippen molar-refractivity contribution in [1.82, 2.24) is 20.2 Å². The highest BCUT2D eigenvalue weighted by molar-refractivity contribution is 7.92. The fraction of sp³-hybridized carbons (Fsp3) is 0.545. The van der Waals surface area contributed by atoms with Crippen molar-refractivity contribution in [2.75, 3.05) is 5.73 Å². The molecular weight excluding hydrogens is 282 g/mol. The first-order valence-corrected chi connectivity index (χ1v) is 7.64. The van der Waals surface area contributed by atoms with Crippen LogP contribution in [0.25, 0.3) is 0 Å². The van der Waals surface area contributed by atoms with Gasteiger partial charge in [-0.05, 0) is 27.7 Å². The van der Waals surface area contributed by atoms with Crippen LogP contribution >= 0.6 is 0 Å². The zero-order valence-corrected chi connectivity index (χ0v) is 12.6. The van der Waals surface area contributed by atoms with E-state index in [1.165, 1.54) is 4.68 Å². The summed E-state index contributed by atoms with van der Waals surface area (Å²) in [4.78, 5) is 0. The molecule has 0 aliphatic carbocycles. The van der Waals surface area contributed by atoms with Crippen LogP contribution in [-0.4, -0.2) is 33.8 Å². The molecule has 0 fully saturated rings. The first-order chi connectivity index (χ1) is 9.25. The molecule has 0 amide bonds. The lowest BCUT2D eigenvalue weighted by molar-refractivity contribution is 0.391. The normalized spacial score (nSPS) is 12.2. The molecule has 0 bridgehead atoms. The van der Waals surface area contributed by atoms with Gasteiger partial charge < -0.3 is 10.3 Å². The Bertz CT molecular complexity index is 710. The average molecular weight is 299 g/mol. The number of nitrogens with two attached hydrogens (primary N) is 1. The Labute approximate surface area is 116 Å². The molecule has 8 nitrogen and oxygen atoms in total. The van der Waals surface area contributed by atoms with Crippen molar-refractivity contribution < 1.29 is 12.9 Å². The summed E-state index contributed by atoms with van der Waals surface area (Å²) >= 11 is 0. The Kier molecular flexibility index (Phi) is 3.55. The SMILES string of the molecule is Cc1noc(C)c1Cn1nnc(S(=O)(=O)C(C)C)c1N. The van der Waals surface area contributed by atoms with Crippen LogP contribution < -0.4 is 5.73 Å². The molecule has 0 radical (unpaired) electrons. The Morgan fingerprint density at radius 1 is 1.35 bits per heavy atom. The molecule has 20 heavy (non-hydrogen) atoms. The van der Waals surface area contributed by atoms with Crippen molar-refractivity contribution >= 4 is 15.7 Å². The first-order valence-electron chi connectivity index (χ1n) is 6.09. The van der Waals surface area contributed by atoms with Crippen LogP contribution in [0.3, 0.4) is 0 Å². The molecule has 0 saturated heterocycles. The number of hydrogen-bond acceptors (Lipinski definition) is 7. The third kappa shape index (κ3) is 2.28. The molecule has 2 aromatic heterocycles. The van der Waals surface area contributed by atoms with Gasteiger partial charge in [0.1, 0.15) is 5.76 Å². The second-order valence-corrected chi connectivity index (χ2v) is 7.25. The van der Waals surface area contributed by atoms with Gasteiger partial charge in [-0.3, -0.25) is 0 Å². The van der Waals surface area contributed by atoms with E-state index in [9.17, 15) is 8.42 Å². The van der Waals surface area contributed by atoms with Gasteiger partial charge in [0, 0.05) is 5.56 Å². The molecule has 0 aliphatic rings. The van der Waals surface area contributed by atoms with Gasteiger partial charge in [0.15, 0.2) is 5.82 Å². The standard InChI is InChI=1S/C11H17N5O3S/c1-6(2)20(17,18)11-10(12)16(15-13-11)5-9-7(3)14-19-8(9)4/h6H,5,12H2,1-4H3. The summed E-state index contributed by atoms with van der Waals surface area (Å²) in [5.41, 5.74) is 7.38. The molecule has 0 saturated carbocycles. The van der Waals surface area contributed by atoms with Crippen molar-refractivity contribution in [3.8, 4) is 0 Å². The van der Waals surface area contributed by atoms with E-state index in [-0.39, 0.29) is 17.4 Å². The number of anilines is 1. The van der Waals surface area contributed by atoms with E-state index in [1.54, 1.807) is 27.7 Å². The van der Waals surface area contributed by atoms with Crippen molar-refractivity contribution in [3.63, 3.8) is 0 Å². The summed E-state index contributed by atoms with van der Waals surface area (Å²) in [6.45, 7) is 6.98. The Morgan fingerprint density at radius 3 is 2.50 bits per heavy atom. The van der Waals surface area contributed by atoms with E-state index in [2.05, 4.69) is 15.5 Å². The largest absolute Gasteiger partial charge is 0.381 e. The fourth-order valence-electron chi connectivity index (χ4n) is 1.72. The molecular formula is C11H17N5O3S. The summed E-state index contributed by atoms with van der Waals surface area (Å²) < 4.78 is 30.5. The van der Waals surface area contributed by atoms with E-state index in [4.69, 9.17) is 10.3 Å². The van der Waals surface area contributed by atoms with E-state index in [0.29, 0.717) is 11.5 Å². The van der Waals surface area contributed by atoms with Gasteiger partial charge >= 0.3 is 0 Å². The maximum Gasteiger partial charge on any atom is 0.221 e. The smallest absolute Gasteiger partial charge is 0.221 e. The summed E-state index contributed by atoms with van der Waals surface area (Å²) in [6.07, 6.45) is 0. The van der Waals surface area contributed by atoms with Crippen molar-refractivity contribution in [2.45, 2.75) is 44.5 Å². The van der Waals surface area contributed by atoms with Crippen molar-refractivity contribution in [1.29, 1.82) is 0 Å². The van der Waals surface area contributed by atoms with Gasteiger partial charge in [0.25, 0.3) is 0 Å². The van der Waals surface area contributed by atoms with E-state index < -0.39 is 15.1 Å². The number of nitrogen functional groups attached to an aromatic ring is 1. The monoisotopic (exact) mass is 299 g/mol. The average Bonchev–Trinajstić information content (AvgIpc) is 2.88. The number of sulfone groups is 1. The Hall–Kier alpha value is -1.90. The van der Waals surface area contributed by atoms with Gasteiger partial charge in [-0.2, -0.15) is 0 Å². The minimum absolute atomic E-state index is 0.0266. The molecule has 2 rings (SSSR count). The summed E-state index contributed by atoms with van der Waals surface area (Å²) in [5, 5.41) is 10.6. The Morgan fingerprint density at radius 2 is 2.00 bits per heavy atom. The van der Waals surface area contributed by atoms with Crippen LogP contribution in [0.2, 0.25) is 0 Å². The number of hydrogen-bond donors (Lipinski definition) is 1. The number of nitrogens with zero attached hydrogens (tertiary/aromatic N) is 4.